The quantitative estimate of drug-likeness (QED) is 0.822. The molecule has 0 saturated heterocycles. The van der Waals surface area contributed by atoms with Gasteiger partial charge in [-0.05, 0) is 18.2 Å². The Morgan fingerprint density at radius 2 is 2.21 bits per heavy atom. The molecule has 0 atom stereocenters. The molecule has 1 aromatic heterocycles. The van der Waals surface area contributed by atoms with E-state index in [1.807, 2.05) is 11.4 Å². The molecule has 0 radical (unpaired) electrons. The zero-order chi connectivity index (χ0) is 13.7. The molecular formula is C13H14Cl2N2OS. The summed E-state index contributed by atoms with van der Waals surface area (Å²) in [7, 11) is 1.68. The average Bonchev–Trinajstić information content (AvgIpc) is 2.86. The molecule has 2 rings (SSSR count). The zero-order valence-electron chi connectivity index (χ0n) is 10.5. The summed E-state index contributed by atoms with van der Waals surface area (Å²) in [5.74, 6) is 0. The summed E-state index contributed by atoms with van der Waals surface area (Å²) in [5.41, 5.74) is 1.73. The lowest BCUT2D eigenvalue weighted by atomic mass is 10.2. The molecule has 1 heterocycles. The van der Waals surface area contributed by atoms with E-state index in [1.165, 1.54) is 0 Å². The van der Waals surface area contributed by atoms with Crippen molar-refractivity contribution in [3.8, 4) is 11.3 Å². The minimum absolute atomic E-state index is 0.659. The molecule has 2 aromatic rings. The van der Waals surface area contributed by atoms with Crippen LogP contribution in [0, 0.1) is 0 Å². The minimum atomic E-state index is 0.659. The van der Waals surface area contributed by atoms with E-state index < -0.39 is 0 Å². The molecule has 3 nitrogen and oxygen atoms in total. The first kappa shape index (κ1) is 14.8. The normalized spacial score (nSPS) is 10.9. The molecule has 0 bridgehead atoms. The number of ether oxygens (including phenoxy) is 1. The number of hydrogen-bond acceptors (Lipinski definition) is 4. The van der Waals surface area contributed by atoms with Crippen molar-refractivity contribution < 1.29 is 4.74 Å². The van der Waals surface area contributed by atoms with Gasteiger partial charge in [-0.2, -0.15) is 0 Å². The smallest absolute Gasteiger partial charge is 0.107 e. The summed E-state index contributed by atoms with van der Waals surface area (Å²) in [4.78, 5) is 4.55. The van der Waals surface area contributed by atoms with Crippen molar-refractivity contribution in [2.24, 2.45) is 0 Å². The molecule has 102 valence electrons. The Kier molecular flexibility index (Phi) is 5.60. The maximum absolute atomic E-state index is 6.16. The first-order valence-electron chi connectivity index (χ1n) is 5.80. The Balaban J connectivity index is 2.06. The van der Waals surface area contributed by atoms with Crippen molar-refractivity contribution in [3.63, 3.8) is 0 Å². The Labute approximate surface area is 126 Å². The number of halogens is 2. The van der Waals surface area contributed by atoms with Crippen LogP contribution in [0.1, 0.15) is 5.01 Å². The highest BCUT2D eigenvalue weighted by molar-refractivity contribution is 7.09. The second-order valence-electron chi connectivity index (χ2n) is 3.92. The van der Waals surface area contributed by atoms with Crippen LogP contribution in [0.15, 0.2) is 23.6 Å². The third kappa shape index (κ3) is 4.16. The molecule has 6 heteroatoms. The van der Waals surface area contributed by atoms with Crippen LogP contribution < -0.4 is 5.32 Å². The highest BCUT2D eigenvalue weighted by Crippen LogP contribution is 2.31. The molecule has 0 aliphatic carbocycles. The summed E-state index contributed by atoms with van der Waals surface area (Å²) >= 11 is 13.7. The topological polar surface area (TPSA) is 34.1 Å². The van der Waals surface area contributed by atoms with Crippen molar-refractivity contribution in [2.75, 3.05) is 20.3 Å². The third-order valence-electron chi connectivity index (χ3n) is 2.52. The van der Waals surface area contributed by atoms with Crippen molar-refractivity contribution in [1.29, 1.82) is 0 Å². The van der Waals surface area contributed by atoms with Crippen LogP contribution in [0.25, 0.3) is 11.3 Å². The number of thiazole rings is 1. The summed E-state index contributed by atoms with van der Waals surface area (Å²) < 4.78 is 4.97. The van der Waals surface area contributed by atoms with Gasteiger partial charge in [0.25, 0.3) is 0 Å². The van der Waals surface area contributed by atoms with Gasteiger partial charge in [0.2, 0.25) is 0 Å². The predicted octanol–water partition coefficient (Wildman–Crippen LogP) is 3.85. The van der Waals surface area contributed by atoms with Crippen molar-refractivity contribution in [3.05, 3.63) is 38.6 Å². The maximum Gasteiger partial charge on any atom is 0.107 e. The van der Waals surface area contributed by atoms with Crippen LogP contribution in [0.4, 0.5) is 0 Å². The number of hydrogen-bond donors (Lipinski definition) is 1. The summed E-state index contributed by atoms with van der Waals surface area (Å²) in [6.45, 7) is 2.23. The van der Waals surface area contributed by atoms with Gasteiger partial charge in [-0.3, -0.25) is 0 Å². The van der Waals surface area contributed by atoms with Crippen LogP contribution in [0.5, 0.6) is 0 Å². The molecule has 0 saturated carbocycles. The fraction of sp³-hybridized carbons (Fsp3) is 0.308. The Hall–Kier alpha value is -0.650. The molecule has 1 N–H and O–H groups in total. The van der Waals surface area contributed by atoms with Gasteiger partial charge in [-0.15, -0.1) is 11.3 Å². The minimum Gasteiger partial charge on any atom is -0.383 e. The lowest BCUT2D eigenvalue weighted by Crippen LogP contribution is -2.18. The van der Waals surface area contributed by atoms with Gasteiger partial charge >= 0.3 is 0 Å². The van der Waals surface area contributed by atoms with Crippen LogP contribution in [-0.2, 0) is 11.3 Å². The fourth-order valence-corrected chi connectivity index (χ4v) is 2.73. The molecular weight excluding hydrogens is 303 g/mol. The summed E-state index contributed by atoms with van der Waals surface area (Å²) in [6.07, 6.45) is 0. The lowest BCUT2D eigenvalue weighted by Gasteiger charge is -2.02. The molecule has 0 aliphatic heterocycles. The summed E-state index contributed by atoms with van der Waals surface area (Å²) in [6, 6.07) is 5.39. The van der Waals surface area contributed by atoms with E-state index in [9.17, 15) is 0 Å². The predicted molar refractivity (Wildman–Crippen MR) is 81.2 cm³/mol. The number of rotatable bonds is 6. The number of benzene rings is 1. The molecule has 1 aromatic carbocycles. The highest BCUT2D eigenvalue weighted by Gasteiger charge is 2.08. The van der Waals surface area contributed by atoms with E-state index in [-0.39, 0.29) is 0 Å². The Bertz CT molecular complexity index is 545. The lowest BCUT2D eigenvalue weighted by molar-refractivity contribution is 0.199. The zero-order valence-corrected chi connectivity index (χ0v) is 12.8. The van der Waals surface area contributed by atoms with Crippen LogP contribution >= 0.6 is 34.5 Å². The van der Waals surface area contributed by atoms with Gasteiger partial charge in [0.1, 0.15) is 5.01 Å². The van der Waals surface area contributed by atoms with Crippen LogP contribution in [0.3, 0.4) is 0 Å². The Morgan fingerprint density at radius 1 is 1.37 bits per heavy atom. The second-order valence-corrected chi connectivity index (χ2v) is 5.71. The van der Waals surface area contributed by atoms with E-state index in [0.29, 0.717) is 16.7 Å². The fourth-order valence-electron chi connectivity index (χ4n) is 1.58. The largest absolute Gasteiger partial charge is 0.383 e. The summed E-state index contributed by atoms with van der Waals surface area (Å²) in [5, 5.41) is 7.58. The van der Waals surface area contributed by atoms with Crippen molar-refractivity contribution in [1.82, 2.24) is 10.3 Å². The van der Waals surface area contributed by atoms with Gasteiger partial charge in [-0.1, -0.05) is 23.2 Å². The monoisotopic (exact) mass is 316 g/mol. The molecule has 19 heavy (non-hydrogen) atoms. The maximum atomic E-state index is 6.16. The van der Waals surface area contributed by atoms with E-state index in [0.717, 1.165) is 29.4 Å². The van der Waals surface area contributed by atoms with E-state index in [1.54, 1.807) is 30.6 Å². The number of nitrogens with zero attached hydrogens (tertiary/aromatic N) is 1. The van der Waals surface area contributed by atoms with Gasteiger partial charge < -0.3 is 10.1 Å². The SMILES string of the molecule is COCCNCc1nc(-c2cc(Cl)ccc2Cl)cs1. The Morgan fingerprint density at radius 3 is 3.00 bits per heavy atom. The number of aromatic nitrogens is 1. The van der Waals surface area contributed by atoms with E-state index >= 15 is 0 Å². The molecule has 0 amide bonds. The van der Waals surface area contributed by atoms with E-state index in [2.05, 4.69) is 10.3 Å². The number of methoxy groups -OCH3 is 1. The van der Waals surface area contributed by atoms with Gasteiger partial charge in [0.05, 0.1) is 17.3 Å². The molecule has 0 aliphatic rings. The molecule has 0 fully saturated rings. The highest BCUT2D eigenvalue weighted by atomic mass is 35.5. The van der Waals surface area contributed by atoms with Crippen LogP contribution in [-0.4, -0.2) is 25.2 Å². The molecule has 0 unspecified atom stereocenters. The van der Waals surface area contributed by atoms with Crippen LogP contribution in [0.2, 0.25) is 10.0 Å². The third-order valence-corrected chi connectivity index (χ3v) is 3.93. The van der Waals surface area contributed by atoms with Gasteiger partial charge in [0, 0.05) is 36.2 Å². The van der Waals surface area contributed by atoms with Gasteiger partial charge in [0.15, 0.2) is 0 Å². The van der Waals surface area contributed by atoms with Crippen molar-refractivity contribution in [2.45, 2.75) is 6.54 Å². The van der Waals surface area contributed by atoms with Crippen molar-refractivity contribution >= 4 is 34.5 Å². The first-order chi connectivity index (χ1) is 9.20. The standard InChI is InChI=1S/C13H14Cl2N2OS/c1-18-5-4-16-7-13-17-12(8-19-13)10-6-9(14)2-3-11(10)15/h2-3,6,8,16H,4-5,7H2,1H3. The average molecular weight is 317 g/mol. The first-order valence-corrected chi connectivity index (χ1v) is 7.43. The second kappa shape index (κ2) is 7.22. The van der Waals surface area contributed by atoms with E-state index in [4.69, 9.17) is 27.9 Å². The number of nitrogens with one attached hydrogen (secondary N) is 1. The molecule has 0 spiro atoms. The van der Waals surface area contributed by atoms with Gasteiger partial charge in [-0.25, -0.2) is 4.98 Å².